The van der Waals surface area contributed by atoms with Crippen LogP contribution in [0.5, 0.6) is 0 Å². The third-order valence-corrected chi connectivity index (χ3v) is 7.54. The molecule has 2 aromatic carbocycles. The first kappa shape index (κ1) is 22.1. The highest BCUT2D eigenvalue weighted by Gasteiger charge is 2.31. The zero-order valence-corrected chi connectivity index (χ0v) is 18.8. The highest BCUT2D eigenvalue weighted by Crippen LogP contribution is 2.31. The summed E-state index contributed by atoms with van der Waals surface area (Å²) < 4.78 is 32.7. The van der Waals surface area contributed by atoms with Crippen molar-refractivity contribution in [3.63, 3.8) is 0 Å². The first-order valence-corrected chi connectivity index (χ1v) is 12.0. The van der Waals surface area contributed by atoms with E-state index < -0.39 is 22.6 Å². The molecule has 0 aromatic heterocycles. The Hall–Kier alpha value is -2.13. The fraction of sp³-hybridized carbons (Fsp3) is 0.333. The molecule has 1 aliphatic heterocycles. The molecular weight excluding hydrogens is 463 g/mol. The van der Waals surface area contributed by atoms with Crippen LogP contribution in [0.25, 0.3) is 0 Å². The van der Waals surface area contributed by atoms with Gasteiger partial charge in [0.1, 0.15) is 4.90 Å². The average Bonchev–Trinajstić information content (AvgIpc) is 3.54. The van der Waals surface area contributed by atoms with Gasteiger partial charge in [0.15, 0.2) is 6.61 Å². The number of nitrogens with zero attached hydrogens (tertiary/aromatic N) is 1. The third-order valence-electron chi connectivity index (χ3n) is 5.24. The Morgan fingerprint density at radius 1 is 1.10 bits per heavy atom. The van der Waals surface area contributed by atoms with Gasteiger partial charge in [0.05, 0.1) is 15.6 Å². The van der Waals surface area contributed by atoms with E-state index in [1.165, 1.54) is 11.6 Å². The molecule has 1 fully saturated rings. The molecule has 1 amide bonds. The lowest BCUT2D eigenvalue weighted by Gasteiger charge is -2.28. The fourth-order valence-electron chi connectivity index (χ4n) is 3.38. The second kappa shape index (κ2) is 8.78. The molecule has 0 bridgehead atoms. The number of carbonyl (C=O) groups excluding carboxylic acids is 2. The van der Waals surface area contributed by atoms with Gasteiger partial charge in [-0.15, -0.1) is 0 Å². The van der Waals surface area contributed by atoms with E-state index >= 15 is 0 Å². The van der Waals surface area contributed by atoms with Crippen LogP contribution >= 0.6 is 23.2 Å². The van der Waals surface area contributed by atoms with Crippen molar-refractivity contribution in [1.82, 2.24) is 9.62 Å². The quantitative estimate of drug-likeness (QED) is 0.638. The number of benzene rings is 2. The maximum absolute atomic E-state index is 12.5. The van der Waals surface area contributed by atoms with Crippen LogP contribution in [0.3, 0.4) is 0 Å². The maximum Gasteiger partial charge on any atom is 0.340 e. The standard InChI is InChI=1S/C21H20Cl2N2O5S/c22-17-10-18(23)19(31(28,29)24-15-5-6-15)9-16(17)21(27)30-12-20(26)25-8-7-13-3-1-2-4-14(13)11-25/h1-4,9-10,15,24H,5-8,11-12H2. The molecule has 7 nitrogen and oxygen atoms in total. The van der Waals surface area contributed by atoms with Crippen LogP contribution in [-0.4, -0.2) is 44.4 Å². The number of hydrogen-bond donors (Lipinski definition) is 1. The number of fused-ring (bicyclic) bond motifs is 1. The summed E-state index contributed by atoms with van der Waals surface area (Å²) in [6.45, 7) is 0.510. The van der Waals surface area contributed by atoms with E-state index in [1.54, 1.807) is 4.90 Å². The van der Waals surface area contributed by atoms with Gasteiger partial charge in [0.25, 0.3) is 5.91 Å². The molecule has 10 heteroatoms. The molecule has 1 aliphatic carbocycles. The van der Waals surface area contributed by atoms with Crippen LogP contribution < -0.4 is 4.72 Å². The summed E-state index contributed by atoms with van der Waals surface area (Å²) in [7, 11) is -3.90. The summed E-state index contributed by atoms with van der Waals surface area (Å²) in [5.74, 6) is -1.23. The predicted octanol–water partition coefficient (Wildman–Crippen LogP) is 3.18. The molecule has 1 saturated carbocycles. The van der Waals surface area contributed by atoms with Gasteiger partial charge < -0.3 is 9.64 Å². The third kappa shape index (κ3) is 5.03. The van der Waals surface area contributed by atoms with Crippen molar-refractivity contribution in [2.75, 3.05) is 13.2 Å². The van der Waals surface area contributed by atoms with Gasteiger partial charge in [-0.3, -0.25) is 4.79 Å². The van der Waals surface area contributed by atoms with Crippen molar-refractivity contribution in [2.24, 2.45) is 0 Å². The van der Waals surface area contributed by atoms with E-state index in [0.717, 1.165) is 30.9 Å². The van der Waals surface area contributed by atoms with E-state index in [-0.39, 0.29) is 32.5 Å². The van der Waals surface area contributed by atoms with E-state index in [1.807, 2.05) is 24.3 Å². The van der Waals surface area contributed by atoms with Crippen molar-refractivity contribution in [1.29, 1.82) is 0 Å². The van der Waals surface area contributed by atoms with Crippen molar-refractivity contribution in [3.05, 3.63) is 63.1 Å². The second-order valence-corrected chi connectivity index (χ2v) is 10.1. The largest absolute Gasteiger partial charge is 0.452 e. The molecule has 164 valence electrons. The zero-order chi connectivity index (χ0) is 22.2. The van der Waals surface area contributed by atoms with Crippen LogP contribution in [0.1, 0.15) is 34.3 Å². The number of carbonyl (C=O) groups is 2. The first-order chi connectivity index (χ1) is 14.7. The number of nitrogens with one attached hydrogen (secondary N) is 1. The topological polar surface area (TPSA) is 92.8 Å². The summed E-state index contributed by atoms with van der Waals surface area (Å²) in [5, 5.41) is -0.155. The smallest absolute Gasteiger partial charge is 0.340 e. The lowest BCUT2D eigenvalue weighted by molar-refractivity contribution is -0.135. The SMILES string of the molecule is O=C(OCC(=O)N1CCc2ccccc2C1)c1cc(S(=O)(=O)NC2CC2)c(Cl)cc1Cl. The number of esters is 1. The van der Waals surface area contributed by atoms with Crippen molar-refractivity contribution >= 4 is 45.1 Å². The highest BCUT2D eigenvalue weighted by atomic mass is 35.5. The van der Waals surface area contributed by atoms with E-state index in [4.69, 9.17) is 27.9 Å². The van der Waals surface area contributed by atoms with Crippen molar-refractivity contribution < 1.29 is 22.7 Å². The van der Waals surface area contributed by atoms with Gasteiger partial charge in [-0.05, 0) is 42.5 Å². The fourth-order valence-corrected chi connectivity index (χ4v) is 5.54. The predicted molar refractivity (Wildman–Crippen MR) is 116 cm³/mol. The molecule has 0 unspecified atom stereocenters. The minimum atomic E-state index is -3.90. The van der Waals surface area contributed by atoms with Gasteiger partial charge >= 0.3 is 5.97 Å². The molecule has 1 heterocycles. The minimum Gasteiger partial charge on any atom is -0.452 e. The van der Waals surface area contributed by atoms with Gasteiger partial charge in [-0.2, -0.15) is 0 Å². The molecule has 0 atom stereocenters. The number of rotatable bonds is 6. The summed E-state index contributed by atoms with van der Waals surface area (Å²) in [6.07, 6.45) is 2.24. The Morgan fingerprint density at radius 3 is 2.52 bits per heavy atom. The van der Waals surface area contributed by atoms with Crippen LogP contribution in [0.4, 0.5) is 0 Å². The van der Waals surface area contributed by atoms with Crippen LogP contribution in [-0.2, 0) is 32.5 Å². The highest BCUT2D eigenvalue weighted by molar-refractivity contribution is 7.89. The molecule has 1 N–H and O–H groups in total. The van der Waals surface area contributed by atoms with Crippen LogP contribution in [0.2, 0.25) is 10.0 Å². The summed E-state index contributed by atoms with van der Waals surface area (Å²) in [4.78, 5) is 26.4. The molecule has 31 heavy (non-hydrogen) atoms. The van der Waals surface area contributed by atoms with Gasteiger partial charge in [0, 0.05) is 19.1 Å². The number of hydrogen-bond acceptors (Lipinski definition) is 5. The van der Waals surface area contributed by atoms with E-state index in [9.17, 15) is 18.0 Å². The summed E-state index contributed by atoms with van der Waals surface area (Å²) in [6, 6.07) is 10.0. The van der Waals surface area contributed by atoms with E-state index in [0.29, 0.717) is 13.1 Å². The molecule has 4 rings (SSSR count). The molecule has 0 spiro atoms. The Balaban J connectivity index is 1.44. The first-order valence-electron chi connectivity index (χ1n) is 9.77. The number of amides is 1. The molecule has 2 aliphatic rings. The van der Waals surface area contributed by atoms with Gasteiger partial charge in [0.2, 0.25) is 10.0 Å². The molecular formula is C21H20Cl2N2O5S. The summed E-state index contributed by atoms with van der Waals surface area (Å²) >= 11 is 12.1. The Labute approximate surface area is 190 Å². The van der Waals surface area contributed by atoms with Crippen molar-refractivity contribution in [2.45, 2.75) is 36.7 Å². The van der Waals surface area contributed by atoms with Crippen LogP contribution in [0, 0.1) is 0 Å². The normalized spacial score (nSPS) is 16.0. The number of sulfonamides is 1. The molecule has 0 radical (unpaired) electrons. The number of ether oxygens (including phenoxy) is 1. The molecule has 0 saturated heterocycles. The maximum atomic E-state index is 12.5. The molecule has 2 aromatic rings. The Morgan fingerprint density at radius 2 is 1.81 bits per heavy atom. The van der Waals surface area contributed by atoms with Crippen LogP contribution in [0.15, 0.2) is 41.3 Å². The summed E-state index contributed by atoms with van der Waals surface area (Å²) in [5.41, 5.74) is 2.09. The lowest BCUT2D eigenvalue weighted by atomic mass is 10.00. The monoisotopic (exact) mass is 482 g/mol. The van der Waals surface area contributed by atoms with Gasteiger partial charge in [-0.25, -0.2) is 17.9 Å². The van der Waals surface area contributed by atoms with Gasteiger partial charge in [-0.1, -0.05) is 47.5 Å². The zero-order valence-electron chi connectivity index (χ0n) is 16.4. The number of halogens is 2. The lowest BCUT2D eigenvalue weighted by Crippen LogP contribution is -2.38. The average molecular weight is 483 g/mol. The minimum absolute atomic E-state index is 0.0558. The van der Waals surface area contributed by atoms with E-state index in [2.05, 4.69) is 4.72 Å². The Bertz CT molecular complexity index is 1150. The Kier molecular flexibility index (Phi) is 6.25. The van der Waals surface area contributed by atoms with Crippen molar-refractivity contribution in [3.8, 4) is 0 Å². The second-order valence-electron chi connectivity index (χ2n) is 7.57.